The second-order valence-electron chi connectivity index (χ2n) is 5.90. The van der Waals surface area contributed by atoms with Gasteiger partial charge in [-0.3, -0.25) is 4.90 Å². The van der Waals surface area contributed by atoms with Crippen molar-refractivity contribution < 1.29 is 5.11 Å². The van der Waals surface area contributed by atoms with E-state index in [2.05, 4.69) is 10.2 Å². The fourth-order valence-electron chi connectivity index (χ4n) is 3.91. The average Bonchev–Trinajstić information content (AvgIpc) is 2.54. The molecule has 92 valence electrons. The first-order valence-electron chi connectivity index (χ1n) is 6.97. The molecule has 0 saturated carbocycles. The van der Waals surface area contributed by atoms with Gasteiger partial charge in [0.25, 0.3) is 0 Å². The van der Waals surface area contributed by atoms with Crippen LogP contribution in [0.3, 0.4) is 0 Å². The van der Waals surface area contributed by atoms with E-state index in [0.29, 0.717) is 12.1 Å². The second kappa shape index (κ2) is 4.63. The lowest BCUT2D eigenvalue weighted by Gasteiger charge is -2.40. The van der Waals surface area contributed by atoms with E-state index in [1.54, 1.807) is 0 Å². The molecule has 0 aromatic heterocycles. The van der Waals surface area contributed by atoms with E-state index in [1.807, 2.05) is 0 Å². The zero-order valence-corrected chi connectivity index (χ0v) is 10.1. The topological polar surface area (TPSA) is 35.5 Å². The molecule has 2 N–H and O–H groups in total. The minimum atomic E-state index is -0.0122. The number of aliphatic hydroxyl groups excluding tert-OH is 1. The molecular weight excluding hydrogens is 200 g/mol. The SMILES string of the molecule is OC1CC2CCC(C1)N2CC1CCNCC1. The van der Waals surface area contributed by atoms with Crippen molar-refractivity contribution in [2.45, 2.75) is 56.7 Å². The molecule has 0 aliphatic carbocycles. The number of piperidine rings is 2. The van der Waals surface area contributed by atoms with Crippen molar-refractivity contribution in [3.63, 3.8) is 0 Å². The molecule has 0 amide bonds. The van der Waals surface area contributed by atoms with Gasteiger partial charge in [-0.25, -0.2) is 0 Å². The lowest BCUT2D eigenvalue weighted by molar-refractivity contribution is 0.0242. The molecule has 3 aliphatic rings. The number of nitrogens with zero attached hydrogens (tertiary/aromatic N) is 1. The number of rotatable bonds is 2. The van der Waals surface area contributed by atoms with E-state index in [-0.39, 0.29) is 6.10 Å². The molecule has 2 atom stereocenters. The molecule has 3 heterocycles. The van der Waals surface area contributed by atoms with Gasteiger partial charge in [0.05, 0.1) is 6.10 Å². The molecule has 3 aliphatic heterocycles. The van der Waals surface area contributed by atoms with Gasteiger partial charge in [-0.1, -0.05) is 0 Å². The molecule has 16 heavy (non-hydrogen) atoms. The van der Waals surface area contributed by atoms with Gasteiger partial charge in [0.15, 0.2) is 0 Å². The number of hydrogen-bond donors (Lipinski definition) is 2. The average molecular weight is 224 g/mol. The van der Waals surface area contributed by atoms with Crippen molar-refractivity contribution in [1.29, 1.82) is 0 Å². The Kier molecular flexibility index (Phi) is 3.18. The Morgan fingerprint density at radius 1 is 1.00 bits per heavy atom. The highest BCUT2D eigenvalue weighted by Gasteiger charge is 2.40. The van der Waals surface area contributed by atoms with Gasteiger partial charge >= 0.3 is 0 Å². The van der Waals surface area contributed by atoms with Crippen LogP contribution in [0.4, 0.5) is 0 Å². The maximum atomic E-state index is 9.78. The standard InChI is InChI=1S/C13H24N2O/c16-13-7-11-1-2-12(8-13)15(11)9-10-3-5-14-6-4-10/h10-14,16H,1-9H2. The van der Waals surface area contributed by atoms with Crippen molar-refractivity contribution in [3.8, 4) is 0 Å². The summed E-state index contributed by atoms with van der Waals surface area (Å²) in [4.78, 5) is 2.72. The molecule has 3 saturated heterocycles. The predicted octanol–water partition coefficient (Wildman–Crippen LogP) is 0.974. The third kappa shape index (κ3) is 2.13. The fourth-order valence-corrected chi connectivity index (χ4v) is 3.91. The van der Waals surface area contributed by atoms with Crippen molar-refractivity contribution in [2.24, 2.45) is 5.92 Å². The number of aliphatic hydroxyl groups is 1. The largest absolute Gasteiger partial charge is 0.393 e. The molecule has 3 fully saturated rings. The van der Waals surface area contributed by atoms with Crippen LogP contribution in [0.1, 0.15) is 38.5 Å². The predicted molar refractivity (Wildman–Crippen MR) is 64.4 cm³/mol. The Bertz CT molecular complexity index is 226. The highest BCUT2D eigenvalue weighted by Crippen LogP contribution is 2.36. The fraction of sp³-hybridized carbons (Fsp3) is 1.00. The first-order valence-corrected chi connectivity index (χ1v) is 6.97. The molecule has 0 radical (unpaired) electrons. The molecule has 0 aromatic carbocycles. The Balaban J connectivity index is 1.58. The maximum Gasteiger partial charge on any atom is 0.0570 e. The van der Waals surface area contributed by atoms with Crippen molar-refractivity contribution in [1.82, 2.24) is 10.2 Å². The van der Waals surface area contributed by atoms with E-state index >= 15 is 0 Å². The summed E-state index contributed by atoms with van der Waals surface area (Å²) in [5, 5.41) is 13.2. The van der Waals surface area contributed by atoms with Crippen molar-refractivity contribution in [3.05, 3.63) is 0 Å². The molecule has 3 nitrogen and oxygen atoms in total. The van der Waals surface area contributed by atoms with Crippen LogP contribution in [0.5, 0.6) is 0 Å². The van der Waals surface area contributed by atoms with Gasteiger partial charge in [-0.2, -0.15) is 0 Å². The summed E-state index contributed by atoms with van der Waals surface area (Å²) >= 11 is 0. The van der Waals surface area contributed by atoms with Gasteiger partial charge in [-0.05, 0) is 57.5 Å². The number of hydrogen-bond acceptors (Lipinski definition) is 3. The van der Waals surface area contributed by atoms with Crippen LogP contribution in [-0.2, 0) is 0 Å². The van der Waals surface area contributed by atoms with Gasteiger partial charge in [0.1, 0.15) is 0 Å². The maximum absolute atomic E-state index is 9.78. The van der Waals surface area contributed by atoms with Crippen LogP contribution in [0.25, 0.3) is 0 Å². The van der Waals surface area contributed by atoms with E-state index < -0.39 is 0 Å². The smallest absolute Gasteiger partial charge is 0.0570 e. The highest BCUT2D eigenvalue weighted by atomic mass is 16.3. The van der Waals surface area contributed by atoms with Gasteiger partial charge in [0.2, 0.25) is 0 Å². The van der Waals surface area contributed by atoms with E-state index in [1.165, 1.54) is 45.3 Å². The van der Waals surface area contributed by atoms with Crippen LogP contribution in [0, 0.1) is 5.92 Å². The Labute approximate surface area is 98.2 Å². The summed E-state index contributed by atoms with van der Waals surface area (Å²) in [6.07, 6.45) is 7.39. The van der Waals surface area contributed by atoms with Crippen LogP contribution in [0.2, 0.25) is 0 Å². The normalized spacial score (nSPS) is 41.4. The van der Waals surface area contributed by atoms with Crippen LogP contribution in [-0.4, -0.2) is 47.8 Å². The number of nitrogens with one attached hydrogen (secondary N) is 1. The van der Waals surface area contributed by atoms with E-state index in [9.17, 15) is 5.11 Å². The van der Waals surface area contributed by atoms with Gasteiger partial charge < -0.3 is 10.4 Å². The quantitative estimate of drug-likeness (QED) is 0.734. The molecular formula is C13H24N2O. The zero-order chi connectivity index (χ0) is 11.0. The minimum Gasteiger partial charge on any atom is -0.393 e. The highest BCUT2D eigenvalue weighted by molar-refractivity contribution is 4.96. The lowest BCUT2D eigenvalue weighted by Crippen LogP contribution is -2.47. The number of fused-ring (bicyclic) bond motifs is 2. The second-order valence-corrected chi connectivity index (χ2v) is 5.90. The van der Waals surface area contributed by atoms with E-state index in [4.69, 9.17) is 0 Å². The van der Waals surface area contributed by atoms with Crippen LogP contribution < -0.4 is 5.32 Å². The minimum absolute atomic E-state index is 0.0122. The van der Waals surface area contributed by atoms with Crippen molar-refractivity contribution >= 4 is 0 Å². The zero-order valence-electron chi connectivity index (χ0n) is 10.1. The summed E-state index contributed by atoms with van der Waals surface area (Å²) in [6.45, 7) is 3.71. The lowest BCUT2D eigenvalue weighted by atomic mass is 9.93. The molecule has 2 bridgehead atoms. The third-order valence-electron chi connectivity index (χ3n) is 4.79. The Hall–Kier alpha value is -0.120. The monoisotopic (exact) mass is 224 g/mol. The van der Waals surface area contributed by atoms with Crippen LogP contribution in [0.15, 0.2) is 0 Å². The first-order chi connectivity index (χ1) is 7.83. The molecule has 3 rings (SSSR count). The Morgan fingerprint density at radius 2 is 1.62 bits per heavy atom. The summed E-state index contributed by atoms with van der Waals surface area (Å²) in [7, 11) is 0. The summed E-state index contributed by atoms with van der Waals surface area (Å²) in [5.74, 6) is 0.902. The molecule has 0 aromatic rings. The molecule has 3 heteroatoms. The van der Waals surface area contributed by atoms with Crippen molar-refractivity contribution in [2.75, 3.05) is 19.6 Å². The third-order valence-corrected chi connectivity index (χ3v) is 4.79. The van der Waals surface area contributed by atoms with E-state index in [0.717, 1.165) is 18.8 Å². The molecule has 0 spiro atoms. The summed E-state index contributed by atoms with van der Waals surface area (Å²) < 4.78 is 0. The summed E-state index contributed by atoms with van der Waals surface area (Å²) in [6, 6.07) is 1.40. The van der Waals surface area contributed by atoms with Gasteiger partial charge in [0, 0.05) is 18.6 Å². The molecule has 2 unspecified atom stereocenters. The summed E-state index contributed by atoms with van der Waals surface area (Å²) in [5.41, 5.74) is 0. The van der Waals surface area contributed by atoms with Gasteiger partial charge in [-0.15, -0.1) is 0 Å². The first kappa shape index (κ1) is 11.0. The van der Waals surface area contributed by atoms with Crippen LogP contribution >= 0.6 is 0 Å². The Morgan fingerprint density at radius 3 is 2.25 bits per heavy atom.